The lowest BCUT2D eigenvalue weighted by Gasteiger charge is -2.28. The molecule has 1 aromatic rings. The van der Waals surface area contributed by atoms with Crippen molar-refractivity contribution >= 4 is 11.9 Å². The molecule has 2 rings (SSSR count). The number of hydrogen-bond acceptors (Lipinski definition) is 4. The van der Waals surface area contributed by atoms with Gasteiger partial charge in [-0.25, -0.2) is 4.79 Å². The zero-order chi connectivity index (χ0) is 18.6. The van der Waals surface area contributed by atoms with Crippen LogP contribution in [0.2, 0.25) is 0 Å². The Balaban J connectivity index is 1.96. The SMILES string of the molecule is CC(C)COc1ccc(C(C)(C)NC(=O)[C@@H]2CC[C@H](C(=O)O)O2)cc1. The van der Waals surface area contributed by atoms with Crippen molar-refractivity contribution in [2.75, 3.05) is 6.61 Å². The maximum absolute atomic E-state index is 12.4. The smallest absolute Gasteiger partial charge is 0.332 e. The third kappa shape index (κ3) is 5.19. The minimum absolute atomic E-state index is 0.283. The second-order valence-corrected chi connectivity index (χ2v) is 7.37. The Morgan fingerprint density at radius 3 is 2.36 bits per heavy atom. The summed E-state index contributed by atoms with van der Waals surface area (Å²) in [5.41, 5.74) is 0.337. The van der Waals surface area contributed by atoms with Gasteiger partial charge in [0.15, 0.2) is 6.10 Å². The number of ether oxygens (including phenoxy) is 2. The first-order valence-corrected chi connectivity index (χ1v) is 8.62. The van der Waals surface area contributed by atoms with Crippen molar-refractivity contribution in [1.29, 1.82) is 0 Å². The second-order valence-electron chi connectivity index (χ2n) is 7.37. The van der Waals surface area contributed by atoms with E-state index in [0.717, 1.165) is 11.3 Å². The van der Waals surface area contributed by atoms with Crippen LogP contribution in [0.3, 0.4) is 0 Å². The topological polar surface area (TPSA) is 84.9 Å². The second kappa shape index (κ2) is 7.87. The van der Waals surface area contributed by atoms with Crippen molar-refractivity contribution in [1.82, 2.24) is 5.32 Å². The number of carboxylic acids is 1. The predicted molar refractivity (Wildman–Crippen MR) is 93.5 cm³/mol. The van der Waals surface area contributed by atoms with Gasteiger partial charge in [-0.05, 0) is 50.3 Å². The third-order valence-electron chi connectivity index (χ3n) is 4.18. The Hall–Kier alpha value is -2.08. The molecule has 1 aliphatic rings. The van der Waals surface area contributed by atoms with E-state index in [2.05, 4.69) is 19.2 Å². The van der Waals surface area contributed by atoms with Crippen LogP contribution in [0.5, 0.6) is 5.75 Å². The number of aliphatic carboxylic acids is 1. The average Bonchev–Trinajstić information content (AvgIpc) is 3.03. The summed E-state index contributed by atoms with van der Waals surface area (Å²) in [6, 6.07) is 7.62. The van der Waals surface area contributed by atoms with Gasteiger partial charge in [-0.1, -0.05) is 26.0 Å². The summed E-state index contributed by atoms with van der Waals surface area (Å²) in [5.74, 6) is -0.0557. The molecule has 6 nitrogen and oxygen atoms in total. The maximum atomic E-state index is 12.4. The summed E-state index contributed by atoms with van der Waals surface area (Å²) < 4.78 is 11.0. The number of rotatable bonds is 7. The zero-order valence-electron chi connectivity index (χ0n) is 15.2. The monoisotopic (exact) mass is 349 g/mol. The number of carbonyl (C=O) groups excluding carboxylic acids is 1. The standard InChI is InChI=1S/C19H27NO5/c1-12(2)11-24-14-7-5-13(6-8-14)19(3,4)20-17(21)15-9-10-16(25-15)18(22)23/h5-8,12,15-16H,9-11H2,1-4H3,(H,20,21)(H,22,23)/t15-,16+/m0/s1. The molecule has 2 N–H and O–H groups in total. The molecule has 2 atom stereocenters. The van der Waals surface area contributed by atoms with E-state index in [1.165, 1.54) is 0 Å². The van der Waals surface area contributed by atoms with E-state index in [1.54, 1.807) is 0 Å². The molecule has 25 heavy (non-hydrogen) atoms. The summed E-state index contributed by atoms with van der Waals surface area (Å²) in [4.78, 5) is 23.3. The first kappa shape index (κ1) is 19.2. The molecule has 0 saturated carbocycles. The first-order valence-electron chi connectivity index (χ1n) is 8.62. The van der Waals surface area contributed by atoms with E-state index in [-0.39, 0.29) is 5.91 Å². The zero-order valence-corrected chi connectivity index (χ0v) is 15.2. The lowest BCUT2D eigenvalue weighted by Crippen LogP contribution is -2.46. The molecule has 1 heterocycles. The number of amides is 1. The molecule has 0 aromatic heterocycles. The predicted octanol–water partition coefficient (Wildman–Crippen LogP) is 2.70. The maximum Gasteiger partial charge on any atom is 0.332 e. The molecule has 0 spiro atoms. The first-order chi connectivity index (χ1) is 11.7. The van der Waals surface area contributed by atoms with Gasteiger partial charge in [0, 0.05) is 0 Å². The Labute approximate surface area is 148 Å². The Morgan fingerprint density at radius 1 is 1.24 bits per heavy atom. The highest BCUT2D eigenvalue weighted by Gasteiger charge is 2.36. The van der Waals surface area contributed by atoms with Crippen LogP contribution in [-0.2, 0) is 19.9 Å². The molecule has 0 aliphatic carbocycles. The quantitative estimate of drug-likeness (QED) is 0.790. The van der Waals surface area contributed by atoms with Gasteiger partial charge < -0.3 is 19.9 Å². The minimum Gasteiger partial charge on any atom is -0.493 e. The number of nitrogens with one attached hydrogen (secondary N) is 1. The molecule has 0 unspecified atom stereocenters. The molecule has 138 valence electrons. The molecule has 6 heteroatoms. The highest BCUT2D eigenvalue weighted by Crippen LogP contribution is 2.25. The van der Waals surface area contributed by atoms with Crippen molar-refractivity contribution in [2.24, 2.45) is 5.92 Å². The molecule has 0 bridgehead atoms. The normalized spacial score (nSPS) is 20.5. The van der Waals surface area contributed by atoms with E-state index in [1.807, 2.05) is 38.1 Å². The van der Waals surface area contributed by atoms with Gasteiger partial charge in [0.2, 0.25) is 5.91 Å². The van der Waals surface area contributed by atoms with Crippen LogP contribution in [0.25, 0.3) is 0 Å². The fourth-order valence-electron chi connectivity index (χ4n) is 2.70. The van der Waals surface area contributed by atoms with Crippen molar-refractivity contribution in [3.05, 3.63) is 29.8 Å². The van der Waals surface area contributed by atoms with Gasteiger partial charge in [0.1, 0.15) is 11.9 Å². The van der Waals surface area contributed by atoms with Gasteiger partial charge >= 0.3 is 5.97 Å². The van der Waals surface area contributed by atoms with E-state index in [4.69, 9.17) is 14.6 Å². The minimum atomic E-state index is -1.02. The Kier molecular flexibility index (Phi) is 6.06. The summed E-state index contributed by atoms with van der Waals surface area (Å²) >= 11 is 0. The molecule has 1 aromatic carbocycles. The van der Waals surface area contributed by atoms with Gasteiger partial charge in [0.25, 0.3) is 0 Å². The van der Waals surface area contributed by atoms with Gasteiger partial charge in [0.05, 0.1) is 12.1 Å². The van der Waals surface area contributed by atoms with Gasteiger partial charge in [-0.2, -0.15) is 0 Å². The summed E-state index contributed by atoms with van der Waals surface area (Å²) in [5, 5.41) is 11.9. The molecule has 1 aliphatic heterocycles. The lowest BCUT2D eigenvalue weighted by atomic mass is 9.93. The highest BCUT2D eigenvalue weighted by atomic mass is 16.5. The fraction of sp³-hybridized carbons (Fsp3) is 0.579. The third-order valence-corrected chi connectivity index (χ3v) is 4.18. The van der Waals surface area contributed by atoms with Crippen LogP contribution in [0.1, 0.15) is 46.1 Å². The van der Waals surface area contributed by atoms with E-state index >= 15 is 0 Å². The number of benzene rings is 1. The molecule has 1 fully saturated rings. The Morgan fingerprint density at radius 2 is 1.84 bits per heavy atom. The van der Waals surface area contributed by atoms with E-state index in [9.17, 15) is 9.59 Å². The van der Waals surface area contributed by atoms with E-state index < -0.39 is 23.7 Å². The van der Waals surface area contributed by atoms with Crippen molar-refractivity contribution < 1.29 is 24.2 Å². The van der Waals surface area contributed by atoms with Gasteiger partial charge in [-0.15, -0.1) is 0 Å². The number of carbonyl (C=O) groups is 2. The van der Waals surface area contributed by atoms with Crippen LogP contribution in [-0.4, -0.2) is 35.8 Å². The van der Waals surface area contributed by atoms with Crippen LogP contribution >= 0.6 is 0 Å². The molecular formula is C19H27NO5. The van der Waals surface area contributed by atoms with Crippen LogP contribution in [0.4, 0.5) is 0 Å². The molecule has 1 amide bonds. The van der Waals surface area contributed by atoms with Gasteiger partial charge in [-0.3, -0.25) is 4.79 Å². The van der Waals surface area contributed by atoms with Crippen molar-refractivity contribution in [3.8, 4) is 5.75 Å². The average molecular weight is 349 g/mol. The molecule has 0 radical (unpaired) electrons. The number of hydrogen-bond donors (Lipinski definition) is 2. The summed E-state index contributed by atoms with van der Waals surface area (Å²) in [7, 11) is 0. The van der Waals surface area contributed by atoms with Crippen LogP contribution in [0.15, 0.2) is 24.3 Å². The number of carboxylic acid groups (broad SMARTS) is 1. The van der Waals surface area contributed by atoms with E-state index in [0.29, 0.717) is 25.4 Å². The fourth-order valence-corrected chi connectivity index (χ4v) is 2.70. The van der Waals surface area contributed by atoms with Crippen molar-refractivity contribution in [3.63, 3.8) is 0 Å². The largest absolute Gasteiger partial charge is 0.493 e. The lowest BCUT2D eigenvalue weighted by molar-refractivity contribution is -0.152. The van der Waals surface area contributed by atoms with Crippen molar-refractivity contribution in [2.45, 2.75) is 58.3 Å². The highest BCUT2D eigenvalue weighted by molar-refractivity contribution is 5.83. The van der Waals surface area contributed by atoms with Crippen LogP contribution < -0.4 is 10.1 Å². The molecular weight excluding hydrogens is 322 g/mol. The Bertz CT molecular complexity index is 609. The van der Waals surface area contributed by atoms with Crippen LogP contribution in [0, 0.1) is 5.92 Å². The summed E-state index contributed by atoms with van der Waals surface area (Å²) in [6.07, 6.45) is -0.832. The summed E-state index contributed by atoms with van der Waals surface area (Å²) in [6.45, 7) is 8.64. The molecule has 1 saturated heterocycles.